The molecule has 1 heterocycles. The highest BCUT2D eigenvalue weighted by Crippen LogP contribution is 2.58. The largest absolute Gasteiger partial charge is 0.349 e. The number of hydrogen-bond donors (Lipinski definition) is 2. The van der Waals surface area contributed by atoms with E-state index in [2.05, 4.69) is 10.6 Å². The quantitative estimate of drug-likeness (QED) is 0.660. The SMILES string of the molecule is Cc1ccc(C(C)NC(=O)C2CC23CCNCC3)cc1[N+](=O)[O-]. The van der Waals surface area contributed by atoms with Crippen molar-refractivity contribution in [1.82, 2.24) is 10.6 Å². The summed E-state index contributed by atoms with van der Waals surface area (Å²) in [5.41, 5.74) is 1.71. The lowest BCUT2D eigenvalue weighted by molar-refractivity contribution is -0.385. The van der Waals surface area contributed by atoms with E-state index >= 15 is 0 Å². The first-order chi connectivity index (χ1) is 10.9. The van der Waals surface area contributed by atoms with Gasteiger partial charge in [-0.3, -0.25) is 14.9 Å². The van der Waals surface area contributed by atoms with Crippen molar-refractivity contribution in [1.29, 1.82) is 0 Å². The van der Waals surface area contributed by atoms with Gasteiger partial charge in [-0.25, -0.2) is 0 Å². The number of piperidine rings is 1. The summed E-state index contributed by atoms with van der Waals surface area (Å²) >= 11 is 0. The Kier molecular flexibility index (Phi) is 4.10. The zero-order valence-electron chi connectivity index (χ0n) is 13.6. The summed E-state index contributed by atoms with van der Waals surface area (Å²) in [4.78, 5) is 23.2. The van der Waals surface area contributed by atoms with Crippen LogP contribution in [-0.4, -0.2) is 23.9 Å². The summed E-state index contributed by atoms with van der Waals surface area (Å²) in [6, 6.07) is 4.93. The van der Waals surface area contributed by atoms with Gasteiger partial charge >= 0.3 is 0 Å². The van der Waals surface area contributed by atoms with Crippen molar-refractivity contribution in [2.45, 2.75) is 39.2 Å². The molecule has 2 aliphatic rings. The van der Waals surface area contributed by atoms with Gasteiger partial charge in [0.1, 0.15) is 0 Å². The Morgan fingerprint density at radius 1 is 1.43 bits per heavy atom. The van der Waals surface area contributed by atoms with Crippen molar-refractivity contribution in [2.75, 3.05) is 13.1 Å². The smallest absolute Gasteiger partial charge is 0.272 e. The minimum atomic E-state index is -0.377. The van der Waals surface area contributed by atoms with Crippen LogP contribution < -0.4 is 10.6 Å². The molecule has 2 fully saturated rings. The molecule has 1 amide bonds. The van der Waals surface area contributed by atoms with Crippen LogP contribution in [0.2, 0.25) is 0 Å². The molecule has 6 nitrogen and oxygen atoms in total. The first kappa shape index (κ1) is 15.9. The third kappa shape index (κ3) is 3.08. The predicted molar refractivity (Wildman–Crippen MR) is 87.0 cm³/mol. The lowest BCUT2D eigenvalue weighted by Crippen LogP contribution is -2.34. The van der Waals surface area contributed by atoms with Crippen LogP contribution in [0, 0.1) is 28.4 Å². The number of hydrogen-bond acceptors (Lipinski definition) is 4. The molecule has 2 N–H and O–H groups in total. The molecule has 124 valence electrons. The van der Waals surface area contributed by atoms with Gasteiger partial charge in [-0.2, -0.15) is 0 Å². The van der Waals surface area contributed by atoms with Gasteiger partial charge in [-0.1, -0.05) is 12.1 Å². The van der Waals surface area contributed by atoms with Crippen molar-refractivity contribution < 1.29 is 9.72 Å². The fraction of sp³-hybridized carbons (Fsp3) is 0.588. The van der Waals surface area contributed by atoms with E-state index in [4.69, 9.17) is 0 Å². The Bertz CT molecular complexity index is 638. The molecule has 0 aromatic heterocycles. The molecule has 1 spiro atoms. The number of benzene rings is 1. The molecule has 1 aliphatic heterocycles. The molecule has 1 aromatic carbocycles. The van der Waals surface area contributed by atoms with Gasteiger partial charge < -0.3 is 10.6 Å². The second-order valence-corrected chi connectivity index (χ2v) is 6.90. The summed E-state index contributed by atoms with van der Waals surface area (Å²) in [5.74, 6) is 0.190. The maximum atomic E-state index is 12.5. The van der Waals surface area contributed by atoms with Crippen LogP contribution >= 0.6 is 0 Å². The fourth-order valence-electron chi connectivity index (χ4n) is 3.69. The van der Waals surface area contributed by atoms with E-state index in [1.165, 1.54) is 0 Å². The van der Waals surface area contributed by atoms with Crippen molar-refractivity contribution >= 4 is 11.6 Å². The number of aryl methyl sites for hydroxylation is 1. The maximum Gasteiger partial charge on any atom is 0.272 e. The molecule has 2 atom stereocenters. The number of carbonyl (C=O) groups excluding carboxylic acids is 1. The van der Waals surface area contributed by atoms with Crippen LogP contribution in [0.5, 0.6) is 0 Å². The summed E-state index contributed by atoms with van der Waals surface area (Å²) in [6.45, 7) is 5.58. The second kappa shape index (κ2) is 5.92. The monoisotopic (exact) mass is 317 g/mol. The molecule has 3 rings (SSSR count). The first-order valence-electron chi connectivity index (χ1n) is 8.19. The van der Waals surface area contributed by atoms with E-state index in [-0.39, 0.29) is 33.9 Å². The summed E-state index contributed by atoms with van der Waals surface area (Å²) in [7, 11) is 0. The van der Waals surface area contributed by atoms with Gasteiger partial charge in [0.05, 0.1) is 11.0 Å². The number of rotatable bonds is 4. The maximum absolute atomic E-state index is 12.5. The third-order valence-corrected chi connectivity index (χ3v) is 5.39. The number of nitro groups is 1. The molecule has 1 saturated carbocycles. The van der Waals surface area contributed by atoms with Gasteiger partial charge in [0, 0.05) is 17.5 Å². The molecule has 2 unspecified atom stereocenters. The Morgan fingerprint density at radius 2 is 2.13 bits per heavy atom. The van der Waals surface area contributed by atoms with Gasteiger partial charge in [-0.15, -0.1) is 0 Å². The van der Waals surface area contributed by atoms with Crippen LogP contribution in [0.15, 0.2) is 18.2 Å². The molecule has 0 bridgehead atoms. The fourth-order valence-corrected chi connectivity index (χ4v) is 3.69. The van der Waals surface area contributed by atoms with Crippen LogP contribution in [0.1, 0.15) is 43.4 Å². The average molecular weight is 317 g/mol. The summed E-state index contributed by atoms with van der Waals surface area (Å²) < 4.78 is 0. The zero-order chi connectivity index (χ0) is 16.6. The molecule has 23 heavy (non-hydrogen) atoms. The zero-order valence-corrected chi connectivity index (χ0v) is 13.6. The van der Waals surface area contributed by atoms with Gasteiger partial charge in [-0.05, 0) is 57.2 Å². The lowest BCUT2D eigenvalue weighted by atomic mass is 9.91. The van der Waals surface area contributed by atoms with E-state index in [1.807, 2.05) is 13.0 Å². The average Bonchev–Trinajstić information content (AvgIpc) is 3.21. The molecular weight excluding hydrogens is 294 g/mol. The standard InChI is InChI=1S/C17H23N3O3/c1-11-3-4-13(9-15(11)20(22)23)12(2)19-16(21)14-10-17(14)5-7-18-8-6-17/h3-4,9,12,14,18H,5-8,10H2,1-2H3,(H,19,21). The Balaban J connectivity index is 1.65. The minimum Gasteiger partial charge on any atom is -0.349 e. The van der Waals surface area contributed by atoms with Crippen LogP contribution in [-0.2, 0) is 4.79 Å². The number of carbonyl (C=O) groups is 1. The number of amides is 1. The molecule has 1 saturated heterocycles. The third-order valence-electron chi connectivity index (χ3n) is 5.39. The summed E-state index contributed by atoms with van der Waals surface area (Å²) in [5, 5.41) is 17.4. The minimum absolute atomic E-state index is 0.0858. The van der Waals surface area contributed by atoms with Crippen LogP contribution in [0.25, 0.3) is 0 Å². The number of nitrogens with zero attached hydrogens (tertiary/aromatic N) is 1. The number of nitro benzene ring substituents is 1. The lowest BCUT2D eigenvalue weighted by Gasteiger charge is -2.23. The van der Waals surface area contributed by atoms with E-state index < -0.39 is 0 Å². The van der Waals surface area contributed by atoms with E-state index in [9.17, 15) is 14.9 Å². The van der Waals surface area contributed by atoms with Crippen molar-refractivity contribution in [3.63, 3.8) is 0 Å². The van der Waals surface area contributed by atoms with Crippen molar-refractivity contribution in [2.24, 2.45) is 11.3 Å². The topological polar surface area (TPSA) is 84.3 Å². The highest BCUT2D eigenvalue weighted by Gasteiger charge is 2.57. The van der Waals surface area contributed by atoms with Gasteiger partial charge in [0.2, 0.25) is 5.91 Å². The Labute approximate surface area is 135 Å². The summed E-state index contributed by atoms with van der Waals surface area (Å²) in [6.07, 6.45) is 3.10. The molecule has 6 heteroatoms. The van der Waals surface area contributed by atoms with Gasteiger partial charge in [0.15, 0.2) is 0 Å². The molecular formula is C17H23N3O3. The molecule has 0 radical (unpaired) electrons. The highest BCUT2D eigenvalue weighted by atomic mass is 16.6. The number of nitrogens with one attached hydrogen (secondary N) is 2. The van der Waals surface area contributed by atoms with E-state index in [0.717, 1.165) is 37.9 Å². The van der Waals surface area contributed by atoms with Crippen LogP contribution in [0.4, 0.5) is 5.69 Å². The van der Waals surface area contributed by atoms with Gasteiger partial charge in [0.25, 0.3) is 5.69 Å². The highest BCUT2D eigenvalue weighted by molar-refractivity contribution is 5.83. The normalized spacial score (nSPS) is 23.3. The van der Waals surface area contributed by atoms with E-state index in [1.54, 1.807) is 19.1 Å². The first-order valence-corrected chi connectivity index (χ1v) is 8.19. The Morgan fingerprint density at radius 3 is 2.78 bits per heavy atom. The molecule has 1 aliphatic carbocycles. The van der Waals surface area contributed by atoms with Crippen LogP contribution in [0.3, 0.4) is 0 Å². The van der Waals surface area contributed by atoms with Crippen molar-refractivity contribution in [3.05, 3.63) is 39.4 Å². The van der Waals surface area contributed by atoms with E-state index in [0.29, 0.717) is 5.56 Å². The van der Waals surface area contributed by atoms with Crippen molar-refractivity contribution in [3.8, 4) is 0 Å². The predicted octanol–water partition coefficient (Wildman–Crippen LogP) is 2.47. The Hall–Kier alpha value is -1.95. The molecule has 1 aromatic rings. The second-order valence-electron chi connectivity index (χ2n) is 6.90.